The Hall–Kier alpha value is -4.28. The minimum Gasteiger partial charge on any atom is -0.391 e. The zero-order valence-corrected chi connectivity index (χ0v) is 26.5. The number of ether oxygens (including phenoxy) is 1. The second-order valence-corrected chi connectivity index (χ2v) is 13.5. The number of amides is 2. The second-order valence-electron chi connectivity index (χ2n) is 12.4. The van der Waals surface area contributed by atoms with Crippen LogP contribution in [-0.4, -0.2) is 66.4 Å². The lowest BCUT2D eigenvalue weighted by Gasteiger charge is -2.53. The van der Waals surface area contributed by atoms with Gasteiger partial charge in [0.2, 0.25) is 0 Å². The Kier molecular flexibility index (Phi) is 7.79. The summed E-state index contributed by atoms with van der Waals surface area (Å²) in [4.78, 5) is 42.3. The normalized spacial score (nSPS) is 20.5. The van der Waals surface area contributed by atoms with Crippen LogP contribution in [-0.2, 0) is 16.0 Å². The van der Waals surface area contributed by atoms with Gasteiger partial charge in [-0.2, -0.15) is 0 Å². The van der Waals surface area contributed by atoms with E-state index in [1.54, 1.807) is 35.4 Å². The molecule has 7 rings (SSSR count). The van der Waals surface area contributed by atoms with Gasteiger partial charge in [0.15, 0.2) is 0 Å². The first-order valence-corrected chi connectivity index (χ1v) is 16.5. The van der Waals surface area contributed by atoms with Crippen molar-refractivity contribution in [2.45, 2.75) is 45.6 Å². The highest BCUT2D eigenvalue weighted by molar-refractivity contribution is 7.19. The van der Waals surface area contributed by atoms with Crippen LogP contribution in [0, 0.1) is 5.41 Å². The number of rotatable bonds is 4. The molecule has 6 heterocycles. The molecule has 9 nitrogen and oxygen atoms in total. The van der Waals surface area contributed by atoms with Gasteiger partial charge in [0.1, 0.15) is 11.5 Å². The quantitative estimate of drug-likeness (QED) is 0.386. The third kappa shape index (κ3) is 5.57. The third-order valence-corrected chi connectivity index (χ3v) is 10.5. The highest BCUT2D eigenvalue weighted by Gasteiger charge is 2.46. The number of hydrogen-bond acceptors (Lipinski definition) is 8. The highest BCUT2D eigenvalue weighted by Crippen LogP contribution is 2.42. The Morgan fingerprint density at radius 2 is 1.91 bits per heavy atom. The van der Waals surface area contributed by atoms with Crippen molar-refractivity contribution in [3.05, 3.63) is 83.1 Å². The van der Waals surface area contributed by atoms with Gasteiger partial charge in [-0.1, -0.05) is 13.0 Å². The summed E-state index contributed by atoms with van der Waals surface area (Å²) >= 11 is 1.50. The first-order valence-electron chi connectivity index (χ1n) is 15.7. The molecule has 0 aliphatic carbocycles. The number of fused-ring (bicyclic) bond motifs is 3. The molecule has 2 fully saturated rings. The lowest BCUT2D eigenvalue weighted by Crippen LogP contribution is -2.61. The van der Waals surface area contributed by atoms with E-state index in [0.717, 1.165) is 83.8 Å². The molecular formula is C35H38N6O3S. The monoisotopic (exact) mass is 622 g/mol. The number of allylic oxidation sites excluding steroid dienone is 2. The maximum absolute atomic E-state index is 13.8. The van der Waals surface area contributed by atoms with E-state index in [9.17, 15) is 9.59 Å². The van der Waals surface area contributed by atoms with E-state index in [4.69, 9.17) is 15.5 Å². The number of aromatic nitrogens is 1. The zero-order chi connectivity index (χ0) is 31.1. The van der Waals surface area contributed by atoms with E-state index in [0.29, 0.717) is 29.8 Å². The number of nitrogens with two attached hydrogens (primary N) is 1. The molecule has 1 atom stereocenters. The molecule has 1 spiro atoms. The van der Waals surface area contributed by atoms with E-state index in [2.05, 4.69) is 29.0 Å². The molecule has 2 aromatic heterocycles. The molecule has 0 radical (unpaired) electrons. The fourth-order valence-corrected chi connectivity index (χ4v) is 7.82. The predicted octanol–water partition coefficient (Wildman–Crippen LogP) is 5.71. The van der Waals surface area contributed by atoms with Gasteiger partial charge >= 0.3 is 0 Å². The van der Waals surface area contributed by atoms with Gasteiger partial charge in [-0.05, 0) is 92.3 Å². The average molecular weight is 623 g/mol. The first kappa shape index (κ1) is 29.4. The van der Waals surface area contributed by atoms with Crippen LogP contribution in [0.15, 0.2) is 77.0 Å². The molecule has 2 amide bonds. The molecule has 4 aliphatic heterocycles. The molecule has 3 aromatic rings. The van der Waals surface area contributed by atoms with Gasteiger partial charge in [-0.25, -0.2) is 0 Å². The van der Waals surface area contributed by atoms with Crippen molar-refractivity contribution in [2.75, 3.05) is 48.8 Å². The van der Waals surface area contributed by atoms with Crippen LogP contribution in [0.5, 0.6) is 0 Å². The number of nitrogens with zero attached hydrogens (tertiary/aromatic N) is 4. The van der Waals surface area contributed by atoms with E-state index < -0.39 is 0 Å². The van der Waals surface area contributed by atoms with E-state index in [1.165, 1.54) is 11.3 Å². The van der Waals surface area contributed by atoms with Crippen LogP contribution in [0.25, 0.3) is 10.6 Å². The molecule has 1 unspecified atom stereocenters. The molecule has 10 heteroatoms. The standard InChI is InChI=1S/C35H38N6O3S/c1-3-27-22(2)6-11-26(32(39-27)40-20-35(21-40)13-17-44-18-14-35)33(42)38-25-9-7-23(8-10-25)34(43)41-16-12-24-19-29(36)45-31(24)30-28(41)5-4-15-37-30/h4-11,15,19,27H,3,12-14,16-18,20-21,36H2,1-2H3,(H,38,42). The lowest BCUT2D eigenvalue weighted by atomic mass is 9.73. The first-order chi connectivity index (χ1) is 21.8. The summed E-state index contributed by atoms with van der Waals surface area (Å²) in [6.07, 6.45) is 9.33. The average Bonchev–Trinajstić information content (AvgIpc) is 3.23. The number of benzene rings is 1. The number of nitrogens with one attached hydrogen (secondary N) is 1. The topological polar surface area (TPSA) is 113 Å². The molecule has 4 aliphatic rings. The van der Waals surface area contributed by atoms with Gasteiger partial charge in [-0.3, -0.25) is 19.6 Å². The van der Waals surface area contributed by atoms with Gasteiger partial charge in [0.25, 0.3) is 11.8 Å². The summed E-state index contributed by atoms with van der Waals surface area (Å²) in [6.45, 7) is 8.10. The number of anilines is 3. The van der Waals surface area contributed by atoms with Gasteiger partial charge < -0.3 is 25.6 Å². The molecule has 0 saturated carbocycles. The predicted molar refractivity (Wildman–Crippen MR) is 180 cm³/mol. The number of carbonyl (C=O) groups excluding carboxylic acids is 2. The number of carbonyl (C=O) groups is 2. The molecular weight excluding hydrogens is 584 g/mol. The number of hydrogen-bond donors (Lipinski definition) is 2. The smallest absolute Gasteiger partial charge is 0.259 e. The van der Waals surface area contributed by atoms with E-state index in [1.807, 2.05) is 30.4 Å². The fraction of sp³-hybridized carbons (Fsp3) is 0.371. The van der Waals surface area contributed by atoms with Crippen molar-refractivity contribution in [2.24, 2.45) is 10.4 Å². The maximum atomic E-state index is 13.8. The summed E-state index contributed by atoms with van der Waals surface area (Å²) in [7, 11) is 0. The number of aliphatic imine (C=N–C) groups is 1. The Morgan fingerprint density at radius 3 is 2.67 bits per heavy atom. The maximum Gasteiger partial charge on any atom is 0.259 e. The van der Waals surface area contributed by atoms with Crippen LogP contribution in [0.2, 0.25) is 0 Å². The fourth-order valence-electron chi connectivity index (χ4n) is 6.84. The molecule has 0 bridgehead atoms. The van der Waals surface area contributed by atoms with Gasteiger partial charge in [0, 0.05) is 55.7 Å². The Balaban J connectivity index is 1.08. The number of nitrogen functional groups attached to an aromatic ring is 1. The van der Waals surface area contributed by atoms with Crippen molar-refractivity contribution in [1.82, 2.24) is 9.88 Å². The highest BCUT2D eigenvalue weighted by atomic mass is 32.1. The van der Waals surface area contributed by atoms with Gasteiger partial charge in [-0.15, -0.1) is 11.3 Å². The number of amidine groups is 1. The Morgan fingerprint density at radius 1 is 1.13 bits per heavy atom. The Bertz CT molecular complexity index is 1730. The SMILES string of the molecule is CCC1N=C(N2CC3(CCOCC3)C2)C(C(=O)Nc2ccc(C(=O)N3CCc4cc(N)sc4-c4ncccc43)cc2)=CC=C1C. The Labute approximate surface area is 267 Å². The minimum absolute atomic E-state index is 0.0424. The van der Waals surface area contributed by atoms with Crippen molar-refractivity contribution >= 4 is 45.4 Å². The summed E-state index contributed by atoms with van der Waals surface area (Å²) in [5, 5.41) is 3.81. The van der Waals surface area contributed by atoms with Crippen LogP contribution in [0.3, 0.4) is 0 Å². The largest absolute Gasteiger partial charge is 0.391 e. The van der Waals surface area contributed by atoms with Crippen molar-refractivity contribution in [3.8, 4) is 10.6 Å². The van der Waals surface area contributed by atoms with Crippen LogP contribution < -0.4 is 16.0 Å². The summed E-state index contributed by atoms with van der Waals surface area (Å²) < 4.78 is 5.61. The van der Waals surface area contributed by atoms with Crippen LogP contribution in [0.4, 0.5) is 16.4 Å². The number of likely N-dealkylation sites (tertiary alicyclic amines) is 1. The lowest BCUT2D eigenvalue weighted by molar-refractivity contribution is -0.112. The summed E-state index contributed by atoms with van der Waals surface area (Å²) in [5.74, 6) is 0.441. The van der Waals surface area contributed by atoms with Crippen LogP contribution >= 0.6 is 11.3 Å². The van der Waals surface area contributed by atoms with Crippen molar-refractivity contribution in [3.63, 3.8) is 0 Å². The number of pyridine rings is 1. The van der Waals surface area contributed by atoms with E-state index >= 15 is 0 Å². The molecule has 2 saturated heterocycles. The minimum atomic E-state index is -0.209. The zero-order valence-electron chi connectivity index (χ0n) is 25.7. The third-order valence-electron chi connectivity index (χ3n) is 9.45. The molecule has 1 aromatic carbocycles. The summed E-state index contributed by atoms with van der Waals surface area (Å²) in [5.41, 5.74) is 11.9. The molecule has 3 N–H and O–H groups in total. The number of thiophene rings is 1. The van der Waals surface area contributed by atoms with Crippen molar-refractivity contribution < 1.29 is 14.3 Å². The second kappa shape index (κ2) is 11.9. The summed E-state index contributed by atoms with van der Waals surface area (Å²) in [6, 6.07) is 12.9. The van der Waals surface area contributed by atoms with Crippen LogP contribution in [0.1, 0.15) is 49.0 Å². The van der Waals surface area contributed by atoms with E-state index in [-0.39, 0.29) is 23.3 Å². The molecule has 232 valence electrons. The van der Waals surface area contributed by atoms with Crippen molar-refractivity contribution in [1.29, 1.82) is 0 Å². The molecule has 45 heavy (non-hydrogen) atoms. The van der Waals surface area contributed by atoms with Gasteiger partial charge in [0.05, 0.1) is 27.2 Å².